The number of fused-ring (bicyclic) bond motifs is 2. The van der Waals surface area contributed by atoms with Gasteiger partial charge < -0.3 is 9.84 Å². The molecule has 7 heteroatoms. The smallest absolute Gasteiger partial charge is 0.230 e. The van der Waals surface area contributed by atoms with Gasteiger partial charge in [-0.25, -0.2) is 4.98 Å². The molecule has 0 fully saturated rings. The minimum absolute atomic E-state index is 0.0805. The van der Waals surface area contributed by atoms with Crippen LogP contribution in [-0.4, -0.2) is 38.3 Å². The molecular formula is C22H22N4O2S. The first-order valence-electron chi connectivity index (χ1n) is 9.64. The van der Waals surface area contributed by atoms with Gasteiger partial charge in [-0.2, -0.15) is 4.52 Å². The summed E-state index contributed by atoms with van der Waals surface area (Å²) in [5, 5.41) is 15.3. The van der Waals surface area contributed by atoms with E-state index in [0.717, 1.165) is 35.7 Å². The molecule has 2 aromatic heterocycles. The minimum Gasteiger partial charge on any atom is -0.497 e. The Bertz CT molecular complexity index is 1170. The Morgan fingerprint density at radius 1 is 1.10 bits per heavy atom. The Labute approximate surface area is 173 Å². The molecule has 0 spiro atoms. The van der Waals surface area contributed by atoms with Crippen LogP contribution in [-0.2, 0) is 13.0 Å². The molecule has 1 N–H and O–H groups in total. The maximum atomic E-state index is 11.0. The van der Waals surface area contributed by atoms with Gasteiger partial charge in [-0.05, 0) is 42.2 Å². The minimum atomic E-state index is -0.0805. The fourth-order valence-corrected chi connectivity index (χ4v) is 5.24. The van der Waals surface area contributed by atoms with E-state index in [1.807, 2.05) is 19.1 Å². The molecule has 29 heavy (non-hydrogen) atoms. The molecule has 0 amide bonds. The second kappa shape index (κ2) is 7.17. The molecule has 2 aromatic carbocycles. The van der Waals surface area contributed by atoms with E-state index >= 15 is 0 Å². The molecule has 0 bridgehead atoms. The van der Waals surface area contributed by atoms with Crippen molar-refractivity contribution in [2.75, 3.05) is 13.7 Å². The molecule has 1 aliphatic rings. The molecule has 4 aromatic rings. The van der Waals surface area contributed by atoms with Crippen molar-refractivity contribution in [3.05, 3.63) is 75.9 Å². The Balaban J connectivity index is 1.60. The Morgan fingerprint density at radius 2 is 1.86 bits per heavy atom. The average molecular weight is 407 g/mol. The van der Waals surface area contributed by atoms with Crippen LogP contribution in [0.25, 0.3) is 4.96 Å². The predicted molar refractivity (Wildman–Crippen MR) is 113 cm³/mol. The number of aromatic nitrogens is 3. The van der Waals surface area contributed by atoms with E-state index in [2.05, 4.69) is 51.4 Å². The van der Waals surface area contributed by atoms with E-state index in [0.29, 0.717) is 10.8 Å². The van der Waals surface area contributed by atoms with Gasteiger partial charge in [0.1, 0.15) is 11.6 Å². The lowest BCUT2D eigenvalue weighted by atomic mass is 9.95. The molecule has 0 saturated carbocycles. The Hall–Kier alpha value is -2.90. The molecule has 0 saturated heterocycles. The third kappa shape index (κ3) is 3.16. The summed E-state index contributed by atoms with van der Waals surface area (Å²) in [4.78, 5) is 8.45. The second-order valence-corrected chi connectivity index (χ2v) is 8.32. The lowest BCUT2D eigenvalue weighted by Gasteiger charge is -2.35. The van der Waals surface area contributed by atoms with Gasteiger partial charge in [-0.15, -0.1) is 5.10 Å². The third-order valence-corrected chi connectivity index (χ3v) is 6.58. The van der Waals surface area contributed by atoms with Crippen LogP contribution in [0, 0.1) is 6.92 Å². The molecule has 3 heterocycles. The van der Waals surface area contributed by atoms with E-state index in [-0.39, 0.29) is 11.9 Å². The molecule has 0 radical (unpaired) electrons. The summed E-state index contributed by atoms with van der Waals surface area (Å²) in [6, 6.07) is 16.6. The van der Waals surface area contributed by atoms with Crippen molar-refractivity contribution in [3.8, 4) is 11.6 Å². The second-order valence-electron chi connectivity index (χ2n) is 7.31. The monoisotopic (exact) mass is 406 g/mol. The van der Waals surface area contributed by atoms with Crippen molar-refractivity contribution in [1.29, 1.82) is 0 Å². The summed E-state index contributed by atoms with van der Waals surface area (Å²) >= 11 is 1.50. The van der Waals surface area contributed by atoms with Crippen LogP contribution >= 0.6 is 11.3 Å². The number of ether oxygens (including phenoxy) is 1. The third-order valence-electron chi connectivity index (χ3n) is 5.51. The van der Waals surface area contributed by atoms with Gasteiger partial charge in [0, 0.05) is 13.1 Å². The first-order chi connectivity index (χ1) is 14.1. The number of benzene rings is 2. The van der Waals surface area contributed by atoms with Crippen LogP contribution < -0.4 is 4.74 Å². The topological polar surface area (TPSA) is 62.9 Å². The van der Waals surface area contributed by atoms with Crippen molar-refractivity contribution in [2.24, 2.45) is 0 Å². The van der Waals surface area contributed by atoms with Crippen molar-refractivity contribution in [3.63, 3.8) is 0 Å². The van der Waals surface area contributed by atoms with Crippen LogP contribution in [0.5, 0.6) is 11.6 Å². The zero-order valence-corrected chi connectivity index (χ0v) is 17.2. The van der Waals surface area contributed by atoms with Gasteiger partial charge in [0.25, 0.3) is 0 Å². The fraction of sp³-hybridized carbons (Fsp3) is 0.273. The van der Waals surface area contributed by atoms with Gasteiger partial charge in [-0.3, -0.25) is 4.90 Å². The maximum absolute atomic E-state index is 11.0. The van der Waals surface area contributed by atoms with Crippen molar-refractivity contribution in [1.82, 2.24) is 19.5 Å². The number of methoxy groups -OCH3 is 1. The molecular weight excluding hydrogens is 384 g/mol. The summed E-state index contributed by atoms with van der Waals surface area (Å²) in [6.07, 6.45) is 0.990. The van der Waals surface area contributed by atoms with Gasteiger partial charge >= 0.3 is 0 Å². The van der Waals surface area contributed by atoms with Crippen molar-refractivity contribution >= 4 is 16.3 Å². The summed E-state index contributed by atoms with van der Waals surface area (Å²) in [5.41, 5.74) is 3.86. The summed E-state index contributed by atoms with van der Waals surface area (Å²) < 4.78 is 6.88. The van der Waals surface area contributed by atoms with Gasteiger partial charge in [-0.1, -0.05) is 47.7 Å². The van der Waals surface area contributed by atoms with Crippen molar-refractivity contribution in [2.45, 2.75) is 25.9 Å². The highest BCUT2D eigenvalue weighted by atomic mass is 32.1. The summed E-state index contributed by atoms with van der Waals surface area (Å²) in [6.45, 7) is 3.58. The van der Waals surface area contributed by atoms with Gasteiger partial charge in [0.15, 0.2) is 0 Å². The lowest BCUT2D eigenvalue weighted by Crippen LogP contribution is -2.34. The standard InChI is InChI=1S/C22H22N4O2S/c1-14-23-22-26(24-14)21(27)20(29-22)19(16-7-9-18(28-2)10-8-16)25-12-11-15-5-3-4-6-17(15)13-25/h3-10,19,27H,11-13H2,1-2H3/t19-/m1/s1. The number of aromatic hydroxyl groups is 1. The average Bonchev–Trinajstić information content (AvgIpc) is 3.26. The van der Waals surface area contributed by atoms with Crippen LogP contribution in [0.3, 0.4) is 0 Å². The van der Waals surface area contributed by atoms with Crippen LogP contribution in [0.15, 0.2) is 48.5 Å². The fourth-order valence-electron chi connectivity index (χ4n) is 4.08. The molecule has 6 nitrogen and oxygen atoms in total. The SMILES string of the molecule is COc1ccc([C@H](c2sc3nc(C)nn3c2O)N2CCc3ccccc3C2)cc1. The molecule has 148 valence electrons. The number of aryl methyl sites for hydroxylation is 1. The van der Waals surface area contributed by atoms with E-state index in [1.54, 1.807) is 11.6 Å². The maximum Gasteiger partial charge on any atom is 0.230 e. The quantitative estimate of drug-likeness (QED) is 0.556. The molecule has 0 unspecified atom stereocenters. The van der Waals surface area contributed by atoms with E-state index < -0.39 is 0 Å². The number of hydrogen-bond donors (Lipinski definition) is 1. The van der Waals surface area contributed by atoms with E-state index in [9.17, 15) is 5.11 Å². The Morgan fingerprint density at radius 3 is 2.59 bits per heavy atom. The highest BCUT2D eigenvalue weighted by Crippen LogP contribution is 2.41. The van der Waals surface area contributed by atoms with E-state index in [1.165, 1.54) is 22.5 Å². The highest BCUT2D eigenvalue weighted by molar-refractivity contribution is 7.17. The predicted octanol–water partition coefficient (Wildman–Crippen LogP) is 3.96. The van der Waals surface area contributed by atoms with Crippen LogP contribution in [0.2, 0.25) is 0 Å². The van der Waals surface area contributed by atoms with Gasteiger partial charge in [0.05, 0.1) is 18.0 Å². The van der Waals surface area contributed by atoms with Crippen molar-refractivity contribution < 1.29 is 9.84 Å². The number of rotatable bonds is 4. The molecule has 1 atom stereocenters. The van der Waals surface area contributed by atoms with E-state index in [4.69, 9.17) is 4.74 Å². The lowest BCUT2D eigenvalue weighted by molar-refractivity contribution is 0.205. The Kier molecular flexibility index (Phi) is 4.49. The molecule has 0 aliphatic carbocycles. The number of nitrogens with zero attached hydrogens (tertiary/aromatic N) is 4. The van der Waals surface area contributed by atoms with Crippen LogP contribution in [0.4, 0.5) is 0 Å². The largest absolute Gasteiger partial charge is 0.497 e. The summed E-state index contributed by atoms with van der Waals surface area (Å²) in [5.74, 6) is 1.65. The first kappa shape index (κ1) is 18.1. The number of thiazole rings is 1. The zero-order chi connectivity index (χ0) is 20.0. The normalized spacial score (nSPS) is 15.4. The first-order valence-corrected chi connectivity index (χ1v) is 10.5. The zero-order valence-electron chi connectivity index (χ0n) is 16.4. The molecule has 5 rings (SSSR count). The number of hydrogen-bond acceptors (Lipinski definition) is 6. The molecule has 1 aliphatic heterocycles. The van der Waals surface area contributed by atoms with Gasteiger partial charge in [0.2, 0.25) is 10.8 Å². The summed E-state index contributed by atoms with van der Waals surface area (Å²) in [7, 11) is 1.67. The van der Waals surface area contributed by atoms with Crippen LogP contribution in [0.1, 0.15) is 33.4 Å². The highest BCUT2D eigenvalue weighted by Gasteiger charge is 2.31.